The molecular weight excluding hydrogens is 494 g/mol. The second kappa shape index (κ2) is 10.2. The van der Waals surface area contributed by atoms with Crippen LogP contribution in [0.5, 0.6) is 0 Å². The topological polar surface area (TPSA) is 178 Å². The molecule has 0 spiro atoms. The summed E-state index contributed by atoms with van der Waals surface area (Å²) >= 11 is 2.44. The molecule has 3 amide bonds. The van der Waals surface area contributed by atoms with Crippen molar-refractivity contribution < 1.29 is 29.0 Å². The quantitative estimate of drug-likeness (QED) is 0.297. The zero-order valence-electron chi connectivity index (χ0n) is 18.2. The van der Waals surface area contributed by atoms with E-state index in [1.165, 1.54) is 23.1 Å². The fourth-order valence-electron chi connectivity index (χ4n) is 3.73. The number of thioether (sulfide) groups is 1. The summed E-state index contributed by atoms with van der Waals surface area (Å²) in [5, 5.41) is 13.7. The van der Waals surface area contributed by atoms with E-state index in [2.05, 4.69) is 10.3 Å². The van der Waals surface area contributed by atoms with E-state index in [0.717, 1.165) is 10.5 Å². The van der Waals surface area contributed by atoms with Gasteiger partial charge in [-0.05, 0) is 12.0 Å². The van der Waals surface area contributed by atoms with E-state index in [9.17, 15) is 24.3 Å². The number of carbonyl (C=O) groups excluding carboxylic acids is 3. The maximum atomic E-state index is 13.2. The molecule has 1 fully saturated rings. The maximum Gasteiger partial charge on any atom is 0.404 e. The number of fused-ring (bicyclic) bond motifs is 1. The molecule has 0 radical (unpaired) electrons. The Kier molecular flexibility index (Phi) is 7.07. The molecule has 182 valence electrons. The van der Waals surface area contributed by atoms with Gasteiger partial charge in [-0.3, -0.25) is 14.5 Å². The summed E-state index contributed by atoms with van der Waals surface area (Å²) in [6.45, 7) is -0.338. The molecule has 3 heterocycles. The van der Waals surface area contributed by atoms with Crippen LogP contribution in [0.4, 0.5) is 9.93 Å². The summed E-state index contributed by atoms with van der Waals surface area (Å²) in [5.41, 5.74) is 12.3. The fraction of sp³-hybridized carbons (Fsp3) is 0.227. The number of hydrogen-bond acceptors (Lipinski definition) is 9. The monoisotopic (exact) mass is 515 g/mol. The summed E-state index contributed by atoms with van der Waals surface area (Å²) < 4.78 is 4.71. The molecule has 35 heavy (non-hydrogen) atoms. The summed E-state index contributed by atoms with van der Waals surface area (Å²) in [6, 6.07) is 8.59. The fourth-order valence-corrected chi connectivity index (χ4v) is 5.62. The standard InChI is InChI=1S/C22H21N5O6S2/c23-21-25-14(10-35-21)13(7-6-11-4-2-1-3-5-11)17(28)26-15-18(29)27-16(20(30)31)12(8-33-22(24)32)9-34-19(15)27/h1-5,7,10,15,19H,6,8-9H2,(H2,23,25)(H2,24,32)(H,26,28)(H,30,31)/b13-7-. The van der Waals surface area contributed by atoms with E-state index < -0.39 is 35.3 Å². The Hall–Kier alpha value is -3.84. The Labute approximate surface area is 207 Å². The number of aromatic nitrogens is 1. The SMILES string of the molecule is NC(=O)OCC1=C(C(=O)O)N2C(=O)C(NC(=O)/C(=C\Cc3ccccc3)c3csc(N)n3)C2SC1. The maximum absolute atomic E-state index is 13.2. The highest BCUT2D eigenvalue weighted by atomic mass is 32.2. The molecule has 2 aliphatic heterocycles. The molecule has 2 unspecified atom stereocenters. The molecule has 4 rings (SSSR count). The lowest BCUT2D eigenvalue weighted by atomic mass is 10.0. The number of nitrogens with one attached hydrogen (secondary N) is 1. The second-order valence-corrected chi connectivity index (χ2v) is 9.60. The number of nitrogens with zero attached hydrogens (tertiary/aromatic N) is 2. The Morgan fingerprint density at radius 2 is 2.03 bits per heavy atom. The van der Waals surface area contributed by atoms with E-state index in [1.807, 2.05) is 30.3 Å². The Morgan fingerprint density at radius 1 is 1.29 bits per heavy atom. The number of hydrogen-bond donors (Lipinski definition) is 4. The van der Waals surface area contributed by atoms with Crippen molar-refractivity contribution in [3.05, 3.63) is 64.3 Å². The van der Waals surface area contributed by atoms with Crippen LogP contribution in [0, 0.1) is 0 Å². The first-order valence-corrected chi connectivity index (χ1v) is 12.3. The van der Waals surface area contributed by atoms with Crippen molar-refractivity contribution in [1.29, 1.82) is 0 Å². The zero-order valence-corrected chi connectivity index (χ0v) is 19.8. The summed E-state index contributed by atoms with van der Waals surface area (Å²) in [4.78, 5) is 54.2. The number of aliphatic carboxylic acids is 1. The number of carbonyl (C=O) groups is 4. The minimum Gasteiger partial charge on any atom is -0.477 e. The number of benzene rings is 1. The van der Waals surface area contributed by atoms with Gasteiger partial charge in [-0.2, -0.15) is 0 Å². The van der Waals surface area contributed by atoms with E-state index in [-0.39, 0.29) is 29.2 Å². The molecule has 1 aromatic carbocycles. The van der Waals surface area contributed by atoms with E-state index >= 15 is 0 Å². The normalized spacial score (nSPS) is 19.6. The number of β-lactam (4-membered cyclic amide) rings is 1. The number of ether oxygens (including phenoxy) is 1. The van der Waals surface area contributed by atoms with Crippen LogP contribution in [-0.2, 0) is 25.5 Å². The third-order valence-electron chi connectivity index (χ3n) is 5.35. The number of allylic oxidation sites excluding steroid dienone is 1. The van der Waals surface area contributed by atoms with Gasteiger partial charge in [0.1, 0.15) is 23.7 Å². The minimum absolute atomic E-state index is 0.190. The van der Waals surface area contributed by atoms with Crippen LogP contribution in [0.3, 0.4) is 0 Å². The molecular formula is C22H21N5O6S2. The summed E-state index contributed by atoms with van der Waals surface area (Å²) in [7, 11) is 0. The number of thiazole rings is 1. The van der Waals surface area contributed by atoms with Crippen molar-refractivity contribution in [3.8, 4) is 0 Å². The van der Waals surface area contributed by atoms with Crippen LogP contribution in [0.1, 0.15) is 11.3 Å². The highest BCUT2D eigenvalue weighted by Gasteiger charge is 2.54. The molecule has 2 atom stereocenters. The third kappa shape index (κ3) is 5.15. The number of amides is 3. The molecule has 11 nitrogen and oxygen atoms in total. The van der Waals surface area contributed by atoms with Crippen LogP contribution in [0.2, 0.25) is 0 Å². The van der Waals surface area contributed by atoms with Gasteiger partial charge >= 0.3 is 12.1 Å². The number of nitrogen functional groups attached to an aromatic ring is 1. The molecule has 13 heteroatoms. The Balaban J connectivity index is 1.53. The Bertz CT molecular complexity index is 1240. The average Bonchev–Trinajstić information content (AvgIpc) is 3.26. The molecule has 0 aliphatic carbocycles. The Morgan fingerprint density at radius 3 is 2.66 bits per heavy atom. The lowest BCUT2D eigenvalue weighted by molar-refractivity contribution is -0.150. The number of carboxylic acids is 1. The van der Waals surface area contributed by atoms with Gasteiger partial charge in [0.05, 0.1) is 11.3 Å². The molecule has 0 bridgehead atoms. The van der Waals surface area contributed by atoms with Gasteiger partial charge in [-0.25, -0.2) is 14.6 Å². The number of anilines is 1. The highest BCUT2D eigenvalue weighted by Crippen LogP contribution is 2.40. The first-order chi connectivity index (χ1) is 16.8. The molecule has 6 N–H and O–H groups in total. The van der Waals surface area contributed by atoms with Crippen LogP contribution >= 0.6 is 23.1 Å². The van der Waals surface area contributed by atoms with E-state index in [0.29, 0.717) is 17.2 Å². The molecule has 1 saturated heterocycles. The van der Waals surface area contributed by atoms with Gasteiger partial charge in [0.15, 0.2) is 5.13 Å². The smallest absolute Gasteiger partial charge is 0.404 e. The van der Waals surface area contributed by atoms with Gasteiger partial charge in [-0.1, -0.05) is 36.4 Å². The summed E-state index contributed by atoms with van der Waals surface area (Å²) in [6.07, 6.45) is 1.13. The second-order valence-electron chi connectivity index (χ2n) is 7.60. The largest absolute Gasteiger partial charge is 0.477 e. The average molecular weight is 516 g/mol. The molecule has 0 saturated carbocycles. The highest BCUT2D eigenvalue weighted by molar-refractivity contribution is 8.00. The number of primary amides is 1. The van der Waals surface area contributed by atoms with Gasteiger partial charge in [0.25, 0.3) is 11.8 Å². The predicted molar refractivity (Wildman–Crippen MR) is 130 cm³/mol. The van der Waals surface area contributed by atoms with Crippen molar-refractivity contribution in [3.63, 3.8) is 0 Å². The molecule has 2 aromatic rings. The number of rotatable bonds is 8. The lowest BCUT2D eigenvalue weighted by Crippen LogP contribution is -2.70. The molecule has 1 aromatic heterocycles. The van der Waals surface area contributed by atoms with E-state index in [4.69, 9.17) is 16.2 Å². The zero-order chi connectivity index (χ0) is 25.1. The van der Waals surface area contributed by atoms with Crippen molar-refractivity contribution in [2.75, 3.05) is 18.1 Å². The van der Waals surface area contributed by atoms with Gasteiger partial charge in [0, 0.05) is 16.7 Å². The number of carboxylic acid groups (broad SMARTS) is 1. The van der Waals surface area contributed by atoms with Gasteiger partial charge in [-0.15, -0.1) is 23.1 Å². The van der Waals surface area contributed by atoms with Crippen molar-refractivity contribution in [2.24, 2.45) is 5.73 Å². The predicted octanol–water partition coefficient (Wildman–Crippen LogP) is 1.19. The van der Waals surface area contributed by atoms with Crippen LogP contribution in [0.15, 0.2) is 53.1 Å². The van der Waals surface area contributed by atoms with Crippen molar-refractivity contribution in [2.45, 2.75) is 17.8 Å². The number of nitrogens with two attached hydrogens (primary N) is 2. The minimum atomic E-state index is -1.34. The van der Waals surface area contributed by atoms with Crippen molar-refractivity contribution >= 4 is 57.7 Å². The first-order valence-electron chi connectivity index (χ1n) is 10.3. The van der Waals surface area contributed by atoms with Gasteiger partial charge < -0.3 is 26.6 Å². The van der Waals surface area contributed by atoms with E-state index in [1.54, 1.807) is 11.5 Å². The van der Waals surface area contributed by atoms with Crippen molar-refractivity contribution in [1.82, 2.24) is 15.2 Å². The summed E-state index contributed by atoms with van der Waals surface area (Å²) in [5.74, 6) is -2.24. The van der Waals surface area contributed by atoms with Crippen LogP contribution in [-0.4, -0.2) is 62.6 Å². The van der Waals surface area contributed by atoms with Gasteiger partial charge in [0.2, 0.25) is 0 Å². The first kappa shape index (κ1) is 24.3. The molecule has 2 aliphatic rings. The third-order valence-corrected chi connectivity index (χ3v) is 7.37. The van der Waals surface area contributed by atoms with Crippen LogP contribution in [0.25, 0.3) is 5.57 Å². The lowest BCUT2D eigenvalue weighted by Gasteiger charge is -2.49. The van der Waals surface area contributed by atoms with Crippen LogP contribution < -0.4 is 16.8 Å².